The second-order valence-electron chi connectivity index (χ2n) is 4.45. The fourth-order valence-corrected chi connectivity index (χ4v) is 1.98. The van der Waals surface area contributed by atoms with Crippen LogP contribution >= 0.6 is 0 Å². The molecule has 1 unspecified atom stereocenters. The molecule has 0 spiro atoms. The number of allylic oxidation sites excluding steroid dienone is 3. The third-order valence-corrected chi connectivity index (χ3v) is 2.96. The average Bonchev–Trinajstić information content (AvgIpc) is 2.46. The lowest BCUT2D eigenvalue weighted by atomic mass is 9.93. The fourth-order valence-electron chi connectivity index (χ4n) is 1.98. The Balaban J connectivity index is 2.16. The van der Waals surface area contributed by atoms with Gasteiger partial charge in [0.1, 0.15) is 5.60 Å². The molecule has 4 heteroatoms. The first-order valence-electron chi connectivity index (χ1n) is 6.28. The Morgan fingerprint density at radius 2 is 2.00 bits per heavy atom. The fraction of sp³-hybridized carbons (Fsp3) is 0.188. The SMILES string of the molecule is O=C(C=CC1(OC(O)O)C=CC=CC1)c1ccccc1. The maximum atomic E-state index is 12.0. The summed E-state index contributed by atoms with van der Waals surface area (Å²) in [5, 5.41) is 18.0. The summed E-state index contributed by atoms with van der Waals surface area (Å²) in [6, 6.07) is 8.85. The zero-order chi connectivity index (χ0) is 14.4. The van der Waals surface area contributed by atoms with E-state index in [0.717, 1.165) is 0 Å². The molecule has 0 radical (unpaired) electrons. The number of hydrogen-bond donors (Lipinski definition) is 2. The number of carbonyl (C=O) groups excluding carboxylic acids is 1. The van der Waals surface area contributed by atoms with Gasteiger partial charge in [-0.3, -0.25) is 4.79 Å². The van der Waals surface area contributed by atoms with Crippen LogP contribution in [0.25, 0.3) is 0 Å². The predicted octanol–water partition coefficient (Wildman–Crippen LogP) is 1.97. The van der Waals surface area contributed by atoms with Crippen LogP contribution in [0.4, 0.5) is 0 Å². The van der Waals surface area contributed by atoms with E-state index in [9.17, 15) is 4.79 Å². The van der Waals surface area contributed by atoms with Gasteiger partial charge in [0.25, 0.3) is 6.48 Å². The predicted molar refractivity (Wildman–Crippen MR) is 74.9 cm³/mol. The molecule has 0 heterocycles. The van der Waals surface area contributed by atoms with Crippen molar-refractivity contribution >= 4 is 5.78 Å². The smallest absolute Gasteiger partial charge is 0.267 e. The molecule has 1 aliphatic rings. The van der Waals surface area contributed by atoms with Gasteiger partial charge >= 0.3 is 0 Å². The third-order valence-electron chi connectivity index (χ3n) is 2.96. The lowest BCUT2D eigenvalue weighted by Crippen LogP contribution is -2.33. The van der Waals surface area contributed by atoms with Crippen molar-refractivity contribution in [3.8, 4) is 0 Å². The summed E-state index contributed by atoms with van der Waals surface area (Å²) in [6.07, 6.45) is 10.4. The highest BCUT2D eigenvalue weighted by molar-refractivity contribution is 6.04. The molecule has 0 aliphatic heterocycles. The van der Waals surface area contributed by atoms with Gasteiger partial charge in [-0.1, -0.05) is 48.6 Å². The molecule has 1 aromatic carbocycles. The molecular weight excluding hydrogens is 256 g/mol. The Labute approximate surface area is 117 Å². The van der Waals surface area contributed by atoms with E-state index in [1.165, 1.54) is 6.08 Å². The van der Waals surface area contributed by atoms with Crippen molar-refractivity contribution in [2.24, 2.45) is 0 Å². The minimum atomic E-state index is -1.90. The van der Waals surface area contributed by atoms with Gasteiger partial charge in [0, 0.05) is 12.0 Å². The number of rotatable bonds is 5. The third kappa shape index (κ3) is 3.74. The number of aliphatic hydroxyl groups is 2. The summed E-state index contributed by atoms with van der Waals surface area (Å²) in [4.78, 5) is 12.0. The summed E-state index contributed by atoms with van der Waals surface area (Å²) in [5.74, 6) is -0.163. The molecule has 0 bridgehead atoms. The van der Waals surface area contributed by atoms with Gasteiger partial charge in [-0.15, -0.1) is 0 Å². The molecule has 2 N–H and O–H groups in total. The van der Waals surface area contributed by atoms with Crippen LogP contribution in [0.1, 0.15) is 16.8 Å². The molecule has 0 saturated carbocycles. The Morgan fingerprint density at radius 3 is 2.60 bits per heavy atom. The largest absolute Gasteiger partial charge is 0.346 e. The number of hydrogen-bond acceptors (Lipinski definition) is 4. The van der Waals surface area contributed by atoms with Crippen LogP contribution in [0, 0.1) is 0 Å². The number of carbonyl (C=O) groups is 1. The highest BCUT2D eigenvalue weighted by Crippen LogP contribution is 2.25. The maximum Gasteiger partial charge on any atom is 0.267 e. The average molecular weight is 272 g/mol. The number of aliphatic hydroxyl groups excluding tert-OH is 1. The first-order chi connectivity index (χ1) is 9.61. The minimum Gasteiger partial charge on any atom is -0.346 e. The summed E-state index contributed by atoms with van der Waals surface area (Å²) >= 11 is 0. The molecule has 0 saturated heterocycles. The van der Waals surface area contributed by atoms with Crippen molar-refractivity contribution in [3.05, 3.63) is 72.4 Å². The first kappa shape index (κ1) is 14.4. The topological polar surface area (TPSA) is 66.8 Å². The lowest BCUT2D eigenvalue weighted by molar-refractivity contribution is -0.264. The van der Waals surface area contributed by atoms with Gasteiger partial charge in [0.2, 0.25) is 0 Å². The van der Waals surface area contributed by atoms with Crippen molar-refractivity contribution in [1.82, 2.24) is 0 Å². The Morgan fingerprint density at radius 1 is 1.25 bits per heavy atom. The molecule has 1 aromatic rings. The summed E-state index contributed by atoms with van der Waals surface area (Å²) in [7, 11) is 0. The second-order valence-corrected chi connectivity index (χ2v) is 4.45. The maximum absolute atomic E-state index is 12.0. The van der Waals surface area contributed by atoms with Crippen LogP contribution in [0.5, 0.6) is 0 Å². The van der Waals surface area contributed by atoms with Gasteiger partial charge in [-0.25, -0.2) is 0 Å². The first-order valence-corrected chi connectivity index (χ1v) is 6.28. The van der Waals surface area contributed by atoms with Crippen molar-refractivity contribution < 1.29 is 19.7 Å². The summed E-state index contributed by atoms with van der Waals surface area (Å²) < 4.78 is 5.10. The molecule has 4 nitrogen and oxygen atoms in total. The van der Waals surface area contributed by atoms with Crippen LogP contribution in [-0.4, -0.2) is 28.1 Å². The molecule has 1 aliphatic carbocycles. The van der Waals surface area contributed by atoms with E-state index in [2.05, 4.69) is 0 Å². The van der Waals surface area contributed by atoms with E-state index in [-0.39, 0.29) is 5.78 Å². The minimum absolute atomic E-state index is 0.163. The number of ether oxygens (including phenoxy) is 1. The molecule has 1 atom stereocenters. The van der Waals surface area contributed by atoms with E-state index in [1.54, 1.807) is 42.5 Å². The van der Waals surface area contributed by atoms with Crippen molar-refractivity contribution in [1.29, 1.82) is 0 Å². The standard InChI is InChI=1S/C16H16O4/c17-14(13-7-3-1-4-8-13)9-12-16(20-15(18)19)10-5-2-6-11-16/h1-10,12,15,18-19H,11H2. The van der Waals surface area contributed by atoms with Crippen LogP contribution in [0.15, 0.2) is 66.8 Å². The molecule has 2 rings (SSSR count). The van der Waals surface area contributed by atoms with E-state index >= 15 is 0 Å². The molecule has 0 amide bonds. The normalized spacial score (nSPS) is 21.8. The van der Waals surface area contributed by atoms with Crippen LogP contribution in [-0.2, 0) is 4.74 Å². The summed E-state index contributed by atoms with van der Waals surface area (Å²) in [6.45, 7) is -1.90. The number of benzene rings is 1. The zero-order valence-electron chi connectivity index (χ0n) is 10.8. The number of ketones is 1. The Kier molecular flexibility index (Phi) is 4.63. The lowest BCUT2D eigenvalue weighted by Gasteiger charge is -2.28. The van der Waals surface area contributed by atoms with E-state index in [1.807, 2.05) is 18.2 Å². The highest BCUT2D eigenvalue weighted by Gasteiger charge is 2.27. The van der Waals surface area contributed by atoms with Crippen molar-refractivity contribution in [3.63, 3.8) is 0 Å². The van der Waals surface area contributed by atoms with E-state index < -0.39 is 12.1 Å². The quantitative estimate of drug-likeness (QED) is 0.488. The summed E-state index contributed by atoms with van der Waals surface area (Å²) in [5.41, 5.74) is -0.438. The highest BCUT2D eigenvalue weighted by atomic mass is 16.7. The van der Waals surface area contributed by atoms with E-state index in [0.29, 0.717) is 12.0 Å². The molecule has 20 heavy (non-hydrogen) atoms. The van der Waals surface area contributed by atoms with Crippen LogP contribution < -0.4 is 0 Å². The zero-order valence-corrected chi connectivity index (χ0v) is 10.8. The van der Waals surface area contributed by atoms with Gasteiger partial charge in [-0.2, -0.15) is 0 Å². The van der Waals surface area contributed by atoms with Gasteiger partial charge in [-0.05, 0) is 18.2 Å². The molecular formula is C16H16O4. The van der Waals surface area contributed by atoms with Crippen molar-refractivity contribution in [2.75, 3.05) is 0 Å². The van der Waals surface area contributed by atoms with Crippen LogP contribution in [0.3, 0.4) is 0 Å². The second kappa shape index (κ2) is 6.43. The van der Waals surface area contributed by atoms with Gasteiger partial charge < -0.3 is 14.9 Å². The van der Waals surface area contributed by atoms with Crippen LogP contribution in [0.2, 0.25) is 0 Å². The van der Waals surface area contributed by atoms with Crippen molar-refractivity contribution in [2.45, 2.75) is 18.5 Å². The molecule has 104 valence electrons. The Bertz CT molecular complexity index is 543. The van der Waals surface area contributed by atoms with Gasteiger partial charge in [0.05, 0.1) is 0 Å². The van der Waals surface area contributed by atoms with E-state index in [4.69, 9.17) is 14.9 Å². The van der Waals surface area contributed by atoms with Gasteiger partial charge in [0.15, 0.2) is 5.78 Å². The molecule has 0 aromatic heterocycles. The Hall–Kier alpha value is -2.01. The monoisotopic (exact) mass is 272 g/mol. The molecule has 0 fully saturated rings.